The van der Waals surface area contributed by atoms with Crippen LogP contribution in [0, 0.1) is 0 Å². The van der Waals surface area contributed by atoms with Gasteiger partial charge >= 0.3 is 75.4 Å². The summed E-state index contributed by atoms with van der Waals surface area (Å²) in [7, 11) is -17.8. The van der Waals surface area contributed by atoms with Gasteiger partial charge in [-0.15, -0.1) is 0 Å². The van der Waals surface area contributed by atoms with E-state index in [-0.39, 0.29) is 86.6 Å². The van der Waals surface area contributed by atoms with E-state index in [0.717, 1.165) is 17.2 Å². The van der Waals surface area contributed by atoms with E-state index >= 15 is 0 Å². The third kappa shape index (κ3) is 9.93. The van der Waals surface area contributed by atoms with Crippen molar-refractivity contribution in [1.29, 1.82) is 0 Å². The molecule has 1 aliphatic rings. The standard InChI is InChI=1S/C10H14N4O14P3.4Li/c15-6-4(1-25-30(21,22)28-31(23,24)27-29(18,19)20)26-10(7(6)16)14-3-13-5-8(14)11-2-12-9(5)17;;;;/h2-4,6-7,10,16H,1H2,(H,21,22)(H,23,24)(H,11,12,17)(H2,18,19,20);;;;/q-1;4*+1/p-3/t4-,6-,7-,10-;;;;/m1..../s1. The first-order valence-electron chi connectivity index (χ1n) is 7.82. The average molecular weight is 532 g/mol. The fourth-order valence-electron chi connectivity index (χ4n) is 2.58. The Morgan fingerprint density at radius 1 is 1.09 bits per heavy atom. The number of aromatic amines is 1. The van der Waals surface area contributed by atoms with Gasteiger partial charge in [-0.05, 0) is 0 Å². The summed E-state index contributed by atoms with van der Waals surface area (Å²) in [5.41, 5.74) is -0.812. The molecule has 0 amide bonds. The number of fused-ring (bicyclic) bond motifs is 1. The second-order valence-electron chi connectivity index (χ2n) is 5.90. The van der Waals surface area contributed by atoms with E-state index in [1.54, 1.807) is 0 Å². The number of imidazole rings is 1. The first-order chi connectivity index (χ1) is 14.2. The summed E-state index contributed by atoms with van der Waals surface area (Å²) < 4.78 is 50.1. The summed E-state index contributed by atoms with van der Waals surface area (Å²) >= 11 is 0. The van der Waals surface area contributed by atoms with Crippen LogP contribution in [0.25, 0.3) is 11.2 Å². The number of nitrogens with one attached hydrogen (secondary N) is 1. The van der Waals surface area contributed by atoms with Gasteiger partial charge in [-0.25, -0.2) is 18.6 Å². The van der Waals surface area contributed by atoms with Crippen molar-refractivity contribution in [3.63, 3.8) is 0 Å². The average Bonchev–Trinajstić information content (AvgIpc) is 3.13. The Kier molecular flexibility index (Phi) is 15.7. The van der Waals surface area contributed by atoms with Crippen molar-refractivity contribution in [2.45, 2.75) is 24.5 Å². The number of phosphoric acid groups is 3. The van der Waals surface area contributed by atoms with E-state index < -0.39 is 60.2 Å². The summed E-state index contributed by atoms with van der Waals surface area (Å²) in [5, 5.41) is 22.4. The van der Waals surface area contributed by atoms with Crippen molar-refractivity contribution < 1.29 is 137 Å². The molecule has 1 aliphatic heterocycles. The third-order valence-corrected chi connectivity index (χ3v) is 7.44. The zero-order chi connectivity index (χ0) is 23.2. The Bertz CT molecular complexity index is 1180. The molecule has 3 rings (SSSR count). The van der Waals surface area contributed by atoms with Crippen molar-refractivity contribution in [3.05, 3.63) is 23.0 Å². The molecule has 0 radical (unpaired) electrons. The van der Waals surface area contributed by atoms with Crippen molar-refractivity contribution >= 4 is 34.6 Å². The Morgan fingerprint density at radius 3 is 2.26 bits per heavy atom. The number of hydrogen-bond acceptors (Lipinski definition) is 15. The van der Waals surface area contributed by atoms with Crippen LogP contribution in [0.3, 0.4) is 0 Å². The minimum atomic E-state index is -6.11. The minimum absolute atomic E-state index is 0. The Balaban J connectivity index is 0. The maximum atomic E-state index is 12.2. The van der Waals surface area contributed by atoms with Gasteiger partial charge in [0.05, 0.1) is 31.5 Å². The van der Waals surface area contributed by atoms with Gasteiger partial charge in [0.25, 0.3) is 29.0 Å². The molecule has 3 unspecified atom stereocenters. The van der Waals surface area contributed by atoms with Crippen molar-refractivity contribution in [2.75, 3.05) is 6.61 Å². The molecule has 2 aromatic rings. The van der Waals surface area contributed by atoms with Gasteiger partial charge in [-0.1, -0.05) is 6.10 Å². The van der Waals surface area contributed by atoms with Crippen LogP contribution in [-0.4, -0.2) is 54.4 Å². The molecule has 1 saturated heterocycles. The molecule has 0 spiro atoms. The molecule has 25 heteroatoms. The Hall–Kier alpha value is 1.03. The molecule has 18 nitrogen and oxygen atoms in total. The number of ether oxygens (including phenoxy) is 1. The zero-order valence-corrected chi connectivity index (χ0v) is 21.3. The number of hydrogen-bond donors (Lipinski definition) is 3. The predicted molar refractivity (Wildman–Crippen MR) is 85.0 cm³/mol. The van der Waals surface area contributed by atoms with E-state index in [1.165, 1.54) is 0 Å². The molecule has 1 fully saturated rings. The number of aliphatic hydroxyl groups excluding tert-OH is 1. The smallest absolute Gasteiger partial charge is 0.848 e. The van der Waals surface area contributed by atoms with Gasteiger partial charge < -0.3 is 44.0 Å². The van der Waals surface area contributed by atoms with Gasteiger partial charge in [-0.3, -0.25) is 23.1 Å². The van der Waals surface area contributed by atoms with Crippen LogP contribution < -0.4 is 101 Å². The third-order valence-electron chi connectivity index (χ3n) is 3.75. The molecule has 35 heavy (non-hydrogen) atoms. The number of aliphatic hydroxyl groups is 1. The fourth-order valence-corrected chi connectivity index (χ4v) is 5.48. The molecular weight excluding hydrogens is 521 g/mol. The normalized spacial score (nSPS) is 26.6. The Morgan fingerprint density at radius 2 is 1.69 bits per heavy atom. The number of nitrogens with zero attached hydrogens (tertiary/aromatic N) is 3. The van der Waals surface area contributed by atoms with Crippen LogP contribution in [0.15, 0.2) is 17.4 Å². The predicted octanol–water partition coefficient (Wildman–Crippen LogP) is -16.4. The molecule has 3 heterocycles. The van der Waals surface area contributed by atoms with E-state index in [4.69, 9.17) is 9.63 Å². The van der Waals surface area contributed by atoms with Crippen molar-refractivity contribution in [1.82, 2.24) is 19.5 Å². The molecule has 0 aliphatic carbocycles. The topological polar surface area (TPSA) is 284 Å². The second-order valence-corrected chi connectivity index (χ2v) is 10.2. The number of phosphoric ester groups is 1. The van der Waals surface area contributed by atoms with E-state index in [9.17, 15) is 43.4 Å². The van der Waals surface area contributed by atoms with Gasteiger partial charge in [0.15, 0.2) is 17.4 Å². The molecule has 0 saturated carbocycles. The zero-order valence-electron chi connectivity index (χ0n) is 18.6. The van der Waals surface area contributed by atoms with Gasteiger partial charge in [0.1, 0.15) is 0 Å². The maximum Gasteiger partial charge on any atom is 1.00 e. The SMILES string of the molecule is O=c1[nH]cnc2c1ncn2[C@@H]1O[C@H](COP(=O)([O-])OP(=O)([O-])OP(=O)([O-])O)[C@@H]([O-])[C@H]1O.[Li+].[Li+].[Li+].[Li+]. The van der Waals surface area contributed by atoms with E-state index in [0.29, 0.717) is 0 Å². The summed E-state index contributed by atoms with van der Waals surface area (Å²) in [6, 6.07) is 0. The van der Waals surface area contributed by atoms with Gasteiger partial charge in [-0.2, -0.15) is 0 Å². The van der Waals surface area contributed by atoms with Crippen molar-refractivity contribution in [3.8, 4) is 0 Å². The quantitative estimate of drug-likeness (QED) is 0.210. The molecule has 0 bridgehead atoms. The molecular formula is C10H11Li4N4O14P3. The molecule has 0 aromatic carbocycles. The van der Waals surface area contributed by atoms with Gasteiger partial charge in [0.2, 0.25) is 0 Å². The van der Waals surface area contributed by atoms with Crippen LogP contribution in [0.1, 0.15) is 6.23 Å². The van der Waals surface area contributed by atoms with Crippen LogP contribution >= 0.6 is 23.5 Å². The number of rotatable bonds is 8. The van der Waals surface area contributed by atoms with E-state index in [1.807, 2.05) is 0 Å². The number of aromatic nitrogens is 4. The van der Waals surface area contributed by atoms with Crippen LogP contribution in [0.2, 0.25) is 0 Å². The van der Waals surface area contributed by atoms with Gasteiger partial charge in [0, 0.05) is 0 Å². The number of H-pyrrole nitrogens is 1. The van der Waals surface area contributed by atoms with Crippen LogP contribution in [0.4, 0.5) is 0 Å². The molecule has 7 atom stereocenters. The maximum absolute atomic E-state index is 12.2. The molecule has 174 valence electrons. The summed E-state index contributed by atoms with van der Waals surface area (Å²) in [6.07, 6.45) is -4.88. The van der Waals surface area contributed by atoms with Crippen molar-refractivity contribution in [2.24, 2.45) is 0 Å². The monoisotopic (exact) mass is 532 g/mol. The summed E-state index contributed by atoms with van der Waals surface area (Å²) in [5.74, 6) is 0. The van der Waals surface area contributed by atoms with E-state index in [2.05, 4.69) is 28.1 Å². The summed E-state index contributed by atoms with van der Waals surface area (Å²) in [6.45, 7) is -1.16. The molecule has 2 aromatic heterocycles. The van der Waals surface area contributed by atoms with Crippen LogP contribution in [0.5, 0.6) is 0 Å². The Labute approximate surface area is 243 Å². The summed E-state index contributed by atoms with van der Waals surface area (Å²) in [4.78, 5) is 63.0. The first-order valence-corrected chi connectivity index (χ1v) is 12.2. The molecule has 3 N–H and O–H groups in total. The second kappa shape index (κ2) is 14.4. The fraction of sp³-hybridized carbons (Fsp3) is 0.500. The van der Waals surface area contributed by atoms with Crippen LogP contribution in [-0.2, 0) is 31.6 Å². The minimum Gasteiger partial charge on any atom is -0.848 e. The largest absolute Gasteiger partial charge is 1.00 e. The first kappa shape index (κ1) is 38.2.